The molecule has 0 aromatic rings. The number of carbonyl (C=O) groups is 1. The van der Waals surface area contributed by atoms with Gasteiger partial charge in [-0.25, -0.2) is 0 Å². The van der Waals surface area contributed by atoms with Crippen LogP contribution in [0.4, 0.5) is 0 Å². The Kier molecular flexibility index (Phi) is 15.1. The zero-order valence-corrected chi connectivity index (χ0v) is 11.4. The van der Waals surface area contributed by atoms with Crippen molar-refractivity contribution in [2.24, 2.45) is 5.92 Å². The van der Waals surface area contributed by atoms with E-state index in [-0.39, 0.29) is 11.0 Å². The lowest BCUT2D eigenvalue weighted by molar-refractivity contribution is -0.0979. The smallest absolute Gasteiger partial charge is 0.106 e. The maximum Gasteiger partial charge on any atom is 0.106 e. The maximum atomic E-state index is 8.00. The largest absolute Gasteiger partial charge is 0.412 e. The average molecular weight is 254 g/mol. The van der Waals surface area contributed by atoms with E-state index < -0.39 is 0 Å². The van der Waals surface area contributed by atoms with Crippen LogP contribution in [0.1, 0.15) is 33.6 Å². The number of ether oxygens (including phenoxy) is 1. The molecular formula is C11H26O4S. The molecule has 16 heavy (non-hydrogen) atoms. The Balaban J connectivity index is -0.000000399. The van der Waals surface area contributed by atoms with Crippen molar-refractivity contribution in [2.75, 3.05) is 19.0 Å². The Labute approximate surface area is 103 Å². The molecule has 0 aliphatic carbocycles. The first-order chi connectivity index (χ1) is 6.58. The second-order valence-corrected chi connectivity index (χ2v) is 6.33. The minimum absolute atomic E-state index is 0. The Morgan fingerprint density at radius 1 is 1.19 bits per heavy atom. The molecule has 0 saturated carbocycles. The van der Waals surface area contributed by atoms with Gasteiger partial charge in [0.25, 0.3) is 0 Å². The van der Waals surface area contributed by atoms with Crippen LogP contribution in [0.3, 0.4) is 0 Å². The van der Waals surface area contributed by atoms with Gasteiger partial charge in [0, 0.05) is 18.0 Å². The van der Waals surface area contributed by atoms with E-state index in [4.69, 9.17) is 9.53 Å². The van der Waals surface area contributed by atoms with Gasteiger partial charge in [-0.3, -0.25) is 0 Å². The van der Waals surface area contributed by atoms with Gasteiger partial charge in [-0.05, 0) is 24.5 Å². The molecule has 1 saturated heterocycles. The van der Waals surface area contributed by atoms with Gasteiger partial charge in [0.2, 0.25) is 0 Å². The second kappa shape index (κ2) is 11.4. The topological polar surface area (TPSA) is 89.3 Å². The first-order valence-corrected chi connectivity index (χ1v) is 6.07. The molecule has 0 unspecified atom stereocenters. The summed E-state index contributed by atoms with van der Waals surface area (Å²) in [6.07, 6.45) is 2.53. The molecule has 4 nitrogen and oxygen atoms in total. The van der Waals surface area contributed by atoms with Crippen LogP contribution in [-0.2, 0) is 9.53 Å². The lowest BCUT2D eigenvalue weighted by Gasteiger charge is -2.25. The fraction of sp³-hybridized carbons (Fsp3) is 0.909. The number of hydrogen-bond donors (Lipinski definition) is 0. The summed E-state index contributed by atoms with van der Waals surface area (Å²) in [5, 5.41) is 0. The zero-order chi connectivity index (χ0) is 11.0. The lowest BCUT2D eigenvalue weighted by atomic mass is 10.0. The molecule has 0 spiro atoms. The first-order valence-electron chi connectivity index (χ1n) is 5.08. The first kappa shape index (κ1) is 21.2. The summed E-state index contributed by atoms with van der Waals surface area (Å²) >= 11 is 2.08. The molecular weight excluding hydrogens is 228 g/mol. The van der Waals surface area contributed by atoms with Crippen molar-refractivity contribution in [3.05, 3.63) is 0 Å². The van der Waals surface area contributed by atoms with Crippen LogP contribution < -0.4 is 0 Å². The molecule has 0 aromatic carbocycles. The van der Waals surface area contributed by atoms with Crippen LogP contribution in [0.15, 0.2) is 0 Å². The van der Waals surface area contributed by atoms with E-state index in [1.165, 1.54) is 18.6 Å². The number of carbonyl (C=O) groups excluding carboxylic acids is 1. The van der Waals surface area contributed by atoms with Gasteiger partial charge >= 0.3 is 0 Å². The van der Waals surface area contributed by atoms with Crippen LogP contribution in [0.5, 0.6) is 0 Å². The average Bonchev–Trinajstić information content (AvgIpc) is 2.19. The Bertz CT molecular complexity index is 141. The Hall–Kier alpha value is -0.100. The van der Waals surface area contributed by atoms with Gasteiger partial charge in [0.1, 0.15) is 6.79 Å². The predicted molar refractivity (Wildman–Crippen MR) is 70.1 cm³/mol. The number of rotatable bonds is 2. The highest BCUT2D eigenvalue weighted by molar-refractivity contribution is 8.00. The summed E-state index contributed by atoms with van der Waals surface area (Å²) in [6.45, 7) is 10.8. The van der Waals surface area contributed by atoms with E-state index in [9.17, 15) is 0 Å². The molecule has 1 aliphatic rings. The van der Waals surface area contributed by atoms with Crippen LogP contribution in [-0.4, -0.2) is 41.5 Å². The SMILES string of the molecule is C=O.CC(C)(C)SCC1CCOCC1.O.O. The molecule has 1 heterocycles. The van der Waals surface area contributed by atoms with E-state index in [1.807, 2.05) is 6.79 Å². The normalized spacial score (nSPS) is 16.2. The van der Waals surface area contributed by atoms with Crippen molar-refractivity contribution in [1.82, 2.24) is 0 Å². The summed E-state index contributed by atoms with van der Waals surface area (Å²) in [6, 6.07) is 0. The Morgan fingerprint density at radius 3 is 2.00 bits per heavy atom. The standard InChI is InChI=1S/C10H20OS.CH2O.2H2O/c1-10(2,3)12-8-9-4-6-11-7-5-9;1-2;;/h9H,4-8H2,1-3H3;1H2;2*1H2. The molecule has 0 aromatic heterocycles. The van der Waals surface area contributed by atoms with Gasteiger partial charge < -0.3 is 20.5 Å². The molecule has 1 rings (SSSR count). The van der Waals surface area contributed by atoms with Gasteiger partial charge in [0.05, 0.1) is 0 Å². The fourth-order valence-electron chi connectivity index (χ4n) is 1.28. The molecule has 0 radical (unpaired) electrons. The fourth-order valence-corrected chi connectivity index (χ4v) is 2.35. The van der Waals surface area contributed by atoms with E-state index in [0.29, 0.717) is 4.75 Å². The highest BCUT2D eigenvalue weighted by Gasteiger charge is 2.17. The van der Waals surface area contributed by atoms with E-state index in [0.717, 1.165) is 19.1 Å². The summed E-state index contributed by atoms with van der Waals surface area (Å²) in [7, 11) is 0. The maximum absolute atomic E-state index is 8.00. The second-order valence-electron chi connectivity index (χ2n) is 4.48. The highest BCUT2D eigenvalue weighted by atomic mass is 32.2. The quantitative estimate of drug-likeness (QED) is 0.739. The summed E-state index contributed by atoms with van der Waals surface area (Å²) in [5.41, 5.74) is 0. The van der Waals surface area contributed by atoms with Gasteiger partial charge in [0.15, 0.2) is 0 Å². The molecule has 0 atom stereocenters. The lowest BCUT2D eigenvalue weighted by Crippen LogP contribution is -2.20. The number of thioether (sulfide) groups is 1. The van der Waals surface area contributed by atoms with Crippen LogP contribution >= 0.6 is 11.8 Å². The molecule has 0 amide bonds. The van der Waals surface area contributed by atoms with Gasteiger partial charge in [-0.1, -0.05) is 20.8 Å². The molecule has 4 N–H and O–H groups in total. The minimum Gasteiger partial charge on any atom is -0.412 e. The van der Waals surface area contributed by atoms with E-state index in [2.05, 4.69) is 32.5 Å². The van der Waals surface area contributed by atoms with Gasteiger partial charge in [-0.2, -0.15) is 11.8 Å². The van der Waals surface area contributed by atoms with Crippen LogP contribution in [0, 0.1) is 5.92 Å². The molecule has 100 valence electrons. The third-order valence-electron chi connectivity index (χ3n) is 2.09. The molecule has 0 bridgehead atoms. The minimum atomic E-state index is 0. The van der Waals surface area contributed by atoms with Gasteiger partial charge in [-0.15, -0.1) is 0 Å². The predicted octanol–water partition coefficient (Wildman–Crippen LogP) is 1.11. The van der Waals surface area contributed by atoms with Crippen molar-refractivity contribution in [2.45, 2.75) is 38.4 Å². The molecule has 1 fully saturated rings. The Morgan fingerprint density at radius 2 is 1.62 bits per heavy atom. The van der Waals surface area contributed by atoms with Crippen molar-refractivity contribution in [3.63, 3.8) is 0 Å². The summed E-state index contributed by atoms with van der Waals surface area (Å²) in [5.74, 6) is 2.22. The van der Waals surface area contributed by atoms with Crippen LogP contribution in [0.25, 0.3) is 0 Å². The summed E-state index contributed by atoms with van der Waals surface area (Å²) < 4.78 is 5.75. The van der Waals surface area contributed by atoms with Crippen molar-refractivity contribution >= 4 is 18.6 Å². The summed E-state index contributed by atoms with van der Waals surface area (Å²) in [4.78, 5) is 8.00. The molecule has 1 aliphatic heterocycles. The van der Waals surface area contributed by atoms with Crippen LogP contribution in [0.2, 0.25) is 0 Å². The third-order valence-corrected chi connectivity index (χ3v) is 3.60. The van der Waals surface area contributed by atoms with Crippen molar-refractivity contribution in [3.8, 4) is 0 Å². The number of hydrogen-bond acceptors (Lipinski definition) is 3. The highest BCUT2D eigenvalue weighted by Crippen LogP contribution is 2.28. The van der Waals surface area contributed by atoms with Crippen molar-refractivity contribution < 1.29 is 20.5 Å². The van der Waals surface area contributed by atoms with E-state index >= 15 is 0 Å². The molecule has 5 heteroatoms. The van der Waals surface area contributed by atoms with Crippen molar-refractivity contribution in [1.29, 1.82) is 0 Å². The third kappa shape index (κ3) is 12.0. The zero-order valence-electron chi connectivity index (χ0n) is 10.5. The van der Waals surface area contributed by atoms with E-state index in [1.54, 1.807) is 0 Å². The monoisotopic (exact) mass is 254 g/mol.